The van der Waals surface area contributed by atoms with Crippen LogP contribution in [0.4, 0.5) is 4.39 Å². The van der Waals surface area contributed by atoms with Gasteiger partial charge in [-0.1, -0.05) is 36.4 Å². The van der Waals surface area contributed by atoms with Crippen LogP contribution in [-0.2, 0) is 7.05 Å². The zero-order valence-electron chi connectivity index (χ0n) is 17.8. The number of para-hydroxylation sites is 1. The average molecular weight is 419 g/mol. The molecular formula is C28H20FN2O+. The van der Waals surface area contributed by atoms with Crippen LogP contribution < -0.4 is 4.57 Å². The Morgan fingerprint density at radius 2 is 1.59 bits per heavy atom. The lowest BCUT2D eigenvalue weighted by Gasteiger charge is -2.08. The van der Waals surface area contributed by atoms with Gasteiger partial charge in [-0.2, -0.15) is 0 Å². The van der Waals surface area contributed by atoms with Gasteiger partial charge in [-0.25, -0.2) is 8.96 Å². The number of hydrogen-bond donors (Lipinski definition) is 0. The molecule has 0 aliphatic rings. The lowest BCUT2D eigenvalue weighted by Crippen LogP contribution is -2.30. The maximum Gasteiger partial charge on any atom is 0.216 e. The predicted octanol–water partition coefficient (Wildman–Crippen LogP) is 6.74. The summed E-state index contributed by atoms with van der Waals surface area (Å²) in [6.07, 6.45) is 3.75. The Morgan fingerprint density at radius 1 is 0.812 bits per heavy atom. The number of hydrogen-bond acceptors (Lipinski definition) is 2. The van der Waals surface area contributed by atoms with Gasteiger partial charge in [-0.05, 0) is 36.8 Å². The number of pyridine rings is 2. The minimum Gasteiger partial charge on any atom is -0.454 e. The second-order valence-corrected chi connectivity index (χ2v) is 8.11. The van der Waals surface area contributed by atoms with Crippen LogP contribution in [-0.4, -0.2) is 4.98 Å². The molecule has 6 rings (SSSR count). The SMILES string of the molecule is Cc1ccc2c(oc3c(-c4cccc5cccnc45)c(F)ccc32)c1-c1cccc[n+]1C. The van der Waals surface area contributed by atoms with Gasteiger partial charge in [0.05, 0.1) is 16.6 Å². The summed E-state index contributed by atoms with van der Waals surface area (Å²) in [6, 6.07) is 23.3. The zero-order chi connectivity index (χ0) is 21.8. The van der Waals surface area contributed by atoms with Crippen molar-refractivity contribution in [1.82, 2.24) is 4.98 Å². The third kappa shape index (κ3) is 2.66. The van der Waals surface area contributed by atoms with Crippen molar-refractivity contribution in [3.63, 3.8) is 0 Å². The van der Waals surface area contributed by atoms with Crippen molar-refractivity contribution in [3.8, 4) is 22.4 Å². The molecule has 6 aromatic rings. The van der Waals surface area contributed by atoms with Crippen LogP contribution in [0.15, 0.2) is 89.6 Å². The van der Waals surface area contributed by atoms with E-state index in [0.29, 0.717) is 11.1 Å². The Balaban J connectivity index is 1.75. The van der Waals surface area contributed by atoms with E-state index in [1.807, 2.05) is 61.8 Å². The highest BCUT2D eigenvalue weighted by Gasteiger charge is 2.23. The molecule has 0 N–H and O–H groups in total. The maximum atomic E-state index is 15.3. The predicted molar refractivity (Wildman–Crippen MR) is 126 cm³/mol. The van der Waals surface area contributed by atoms with Gasteiger partial charge in [-0.15, -0.1) is 0 Å². The molecule has 32 heavy (non-hydrogen) atoms. The van der Waals surface area contributed by atoms with E-state index >= 15 is 4.39 Å². The summed E-state index contributed by atoms with van der Waals surface area (Å²) in [7, 11) is 2.02. The first kappa shape index (κ1) is 18.7. The number of halogens is 1. The van der Waals surface area contributed by atoms with Crippen molar-refractivity contribution in [3.05, 3.63) is 96.6 Å². The number of rotatable bonds is 2. The number of nitrogens with zero attached hydrogens (tertiary/aromatic N) is 2. The van der Waals surface area contributed by atoms with Crippen molar-refractivity contribution < 1.29 is 13.4 Å². The van der Waals surface area contributed by atoms with E-state index in [1.165, 1.54) is 6.07 Å². The molecule has 0 saturated heterocycles. The van der Waals surface area contributed by atoms with Crippen molar-refractivity contribution in [2.75, 3.05) is 0 Å². The van der Waals surface area contributed by atoms with E-state index in [2.05, 4.69) is 34.7 Å². The van der Waals surface area contributed by atoms with Crippen LogP contribution in [0.2, 0.25) is 0 Å². The molecule has 0 unspecified atom stereocenters. The van der Waals surface area contributed by atoms with E-state index in [4.69, 9.17) is 4.42 Å². The highest BCUT2D eigenvalue weighted by molar-refractivity contribution is 6.14. The van der Waals surface area contributed by atoms with E-state index in [1.54, 1.807) is 6.20 Å². The van der Waals surface area contributed by atoms with Crippen LogP contribution in [0.25, 0.3) is 55.2 Å². The summed E-state index contributed by atoms with van der Waals surface area (Å²) in [5.41, 5.74) is 6.41. The minimum absolute atomic E-state index is 0.321. The summed E-state index contributed by atoms with van der Waals surface area (Å²) in [4.78, 5) is 4.54. The Labute approximate surface area is 184 Å². The van der Waals surface area contributed by atoms with Crippen molar-refractivity contribution in [2.24, 2.45) is 7.05 Å². The Hall–Kier alpha value is -4.05. The molecule has 3 aromatic carbocycles. The molecule has 0 saturated carbocycles. The molecule has 0 radical (unpaired) electrons. The van der Waals surface area contributed by atoms with Gasteiger partial charge in [-0.3, -0.25) is 4.98 Å². The lowest BCUT2D eigenvalue weighted by molar-refractivity contribution is -0.660. The average Bonchev–Trinajstić information content (AvgIpc) is 3.18. The van der Waals surface area contributed by atoms with Crippen molar-refractivity contribution in [1.29, 1.82) is 0 Å². The lowest BCUT2D eigenvalue weighted by atomic mass is 9.97. The van der Waals surface area contributed by atoms with Gasteiger partial charge in [0.25, 0.3) is 0 Å². The Morgan fingerprint density at radius 3 is 2.44 bits per heavy atom. The van der Waals surface area contributed by atoms with Crippen LogP contribution in [0.3, 0.4) is 0 Å². The molecule has 0 amide bonds. The summed E-state index contributed by atoms with van der Waals surface area (Å²) in [5.74, 6) is -0.321. The topological polar surface area (TPSA) is 29.9 Å². The Bertz CT molecular complexity index is 1660. The fourth-order valence-corrected chi connectivity index (χ4v) is 4.64. The van der Waals surface area contributed by atoms with Gasteiger partial charge in [0, 0.05) is 40.1 Å². The normalized spacial score (nSPS) is 11.6. The van der Waals surface area contributed by atoms with Crippen molar-refractivity contribution >= 4 is 32.8 Å². The molecule has 3 heterocycles. The second kappa shape index (κ2) is 6.99. The first-order valence-corrected chi connectivity index (χ1v) is 10.6. The number of fused-ring (bicyclic) bond motifs is 4. The molecule has 0 spiro atoms. The monoisotopic (exact) mass is 419 g/mol. The van der Waals surface area contributed by atoms with Gasteiger partial charge in [0.2, 0.25) is 5.69 Å². The Kier molecular flexibility index (Phi) is 4.08. The number of benzene rings is 3. The highest BCUT2D eigenvalue weighted by Crippen LogP contribution is 2.42. The smallest absolute Gasteiger partial charge is 0.216 e. The summed E-state index contributed by atoms with van der Waals surface area (Å²) in [6.45, 7) is 2.07. The molecule has 0 bridgehead atoms. The van der Waals surface area contributed by atoms with Crippen molar-refractivity contribution in [2.45, 2.75) is 6.92 Å². The quantitative estimate of drug-likeness (QED) is 0.291. The molecule has 154 valence electrons. The highest BCUT2D eigenvalue weighted by atomic mass is 19.1. The summed E-state index contributed by atoms with van der Waals surface area (Å²) < 4.78 is 23.9. The first-order chi connectivity index (χ1) is 15.6. The molecule has 0 aliphatic heterocycles. The van der Waals surface area contributed by atoms with Crippen LogP contribution >= 0.6 is 0 Å². The largest absolute Gasteiger partial charge is 0.454 e. The number of aryl methyl sites for hydroxylation is 2. The molecule has 0 atom stereocenters. The van der Waals surface area contributed by atoms with Gasteiger partial charge in [0.15, 0.2) is 6.20 Å². The van der Waals surface area contributed by atoms with E-state index < -0.39 is 0 Å². The molecule has 3 nitrogen and oxygen atoms in total. The van der Waals surface area contributed by atoms with Gasteiger partial charge >= 0.3 is 0 Å². The minimum atomic E-state index is -0.321. The van der Waals surface area contributed by atoms with Gasteiger partial charge < -0.3 is 4.42 Å². The standard InChI is InChI=1S/C28H20FN2O/c1-17-11-12-19-20-13-14-22(29)25(21-9-5-7-18-8-6-15-30-26(18)21)28(20)32-27(19)24(17)23-10-3-4-16-31(23)2/h3-16H,1-2H3/q+1. The maximum absolute atomic E-state index is 15.3. The molecule has 4 heteroatoms. The van der Waals surface area contributed by atoms with Crippen LogP contribution in [0, 0.1) is 12.7 Å². The van der Waals surface area contributed by atoms with Crippen LogP contribution in [0.5, 0.6) is 0 Å². The zero-order valence-corrected chi connectivity index (χ0v) is 17.8. The third-order valence-electron chi connectivity index (χ3n) is 6.18. The number of aromatic nitrogens is 2. The molecule has 0 aliphatic carbocycles. The van der Waals surface area contributed by atoms with Gasteiger partial charge in [0.1, 0.15) is 24.0 Å². The van der Waals surface area contributed by atoms with E-state index in [0.717, 1.165) is 49.6 Å². The molecule has 3 aromatic heterocycles. The fraction of sp³-hybridized carbons (Fsp3) is 0.0714. The van der Waals surface area contributed by atoms with E-state index in [9.17, 15) is 0 Å². The fourth-order valence-electron chi connectivity index (χ4n) is 4.64. The number of furan rings is 1. The van der Waals surface area contributed by atoms with Crippen LogP contribution in [0.1, 0.15) is 5.56 Å². The third-order valence-corrected chi connectivity index (χ3v) is 6.18. The second-order valence-electron chi connectivity index (χ2n) is 8.11. The summed E-state index contributed by atoms with van der Waals surface area (Å²) in [5, 5.41) is 2.83. The molecule has 0 fully saturated rings. The first-order valence-electron chi connectivity index (χ1n) is 10.6. The van der Waals surface area contributed by atoms with E-state index in [-0.39, 0.29) is 5.82 Å². The summed E-state index contributed by atoms with van der Waals surface area (Å²) >= 11 is 0. The molecular weight excluding hydrogens is 399 g/mol.